The minimum absolute atomic E-state index is 0.604. The van der Waals surface area contributed by atoms with Gasteiger partial charge in [0.1, 0.15) is 6.33 Å². The maximum atomic E-state index is 4.19. The lowest BCUT2D eigenvalue weighted by Crippen LogP contribution is -2.38. The Hall–Kier alpha value is -2.38. The van der Waals surface area contributed by atoms with E-state index in [0.717, 1.165) is 37.8 Å². The van der Waals surface area contributed by atoms with Gasteiger partial charge < -0.3 is 15.2 Å². The Morgan fingerprint density at radius 2 is 2.29 bits per heavy atom. The highest BCUT2D eigenvalue weighted by Gasteiger charge is 2.03. The van der Waals surface area contributed by atoms with E-state index in [1.54, 1.807) is 19.6 Å². The molecule has 0 bridgehead atoms. The summed E-state index contributed by atoms with van der Waals surface area (Å²) in [6.07, 6.45) is 6.47. The molecular formula is C13H22N8. The van der Waals surface area contributed by atoms with Crippen LogP contribution in [0.25, 0.3) is 0 Å². The summed E-state index contributed by atoms with van der Waals surface area (Å²) >= 11 is 0. The predicted molar refractivity (Wildman–Crippen MR) is 80.7 cm³/mol. The molecule has 0 aliphatic rings. The Balaban J connectivity index is 1.68. The topological polar surface area (TPSA) is 85.0 Å². The molecule has 2 heterocycles. The maximum Gasteiger partial charge on any atom is 0.191 e. The van der Waals surface area contributed by atoms with Crippen molar-refractivity contribution < 1.29 is 0 Å². The SMILES string of the molecule is CCn1cnnc1CNC(=NC)NCCCn1cccn1. The Kier molecular flexibility index (Phi) is 5.74. The van der Waals surface area contributed by atoms with E-state index in [9.17, 15) is 0 Å². The summed E-state index contributed by atoms with van der Waals surface area (Å²) in [6, 6.07) is 1.93. The molecule has 8 nitrogen and oxygen atoms in total. The van der Waals surface area contributed by atoms with E-state index in [4.69, 9.17) is 0 Å². The second kappa shape index (κ2) is 8.03. The third kappa shape index (κ3) is 4.59. The summed E-state index contributed by atoms with van der Waals surface area (Å²) < 4.78 is 3.92. The number of rotatable bonds is 7. The van der Waals surface area contributed by atoms with Crippen molar-refractivity contribution in [2.75, 3.05) is 13.6 Å². The summed E-state index contributed by atoms with van der Waals surface area (Å²) in [4.78, 5) is 4.19. The van der Waals surface area contributed by atoms with Crippen LogP contribution in [0.1, 0.15) is 19.2 Å². The fraction of sp³-hybridized carbons (Fsp3) is 0.538. The number of aromatic nitrogens is 5. The molecule has 114 valence electrons. The Morgan fingerprint density at radius 3 is 3.00 bits per heavy atom. The molecule has 0 aromatic carbocycles. The van der Waals surface area contributed by atoms with Gasteiger partial charge in [0.15, 0.2) is 11.8 Å². The minimum Gasteiger partial charge on any atom is -0.356 e. The van der Waals surface area contributed by atoms with E-state index in [-0.39, 0.29) is 0 Å². The van der Waals surface area contributed by atoms with Crippen molar-refractivity contribution in [3.05, 3.63) is 30.6 Å². The van der Waals surface area contributed by atoms with Crippen molar-refractivity contribution in [3.63, 3.8) is 0 Å². The lowest BCUT2D eigenvalue weighted by Gasteiger charge is -2.11. The number of nitrogens with one attached hydrogen (secondary N) is 2. The minimum atomic E-state index is 0.604. The normalized spacial score (nSPS) is 11.6. The first kappa shape index (κ1) is 15.0. The fourth-order valence-electron chi connectivity index (χ4n) is 1.94. The smallest absolute Gasteiger partial charge is 0.191 e. The zero-order valence-corrected chi connectivity index (χ0v) is 12.5. The van der Waals surface area contributed by atoms with E-state index in [2.05, 4.69) is 37.8 Å². The van der Waals surface area contributed by atoms with Crippen LogP contribution in [0.2, 0.25) is 0 Å². The van der Waals surface area contributed by atoms with Crippen molar-refractivity contribution in [2.45, 2.75) is 33.0 Å². The van der Waals surface area contributed by atoms with Crippen molar-refractivity contribution in [2.24, 2.45) is 4.99 Å². The number of hydrogen-bond donors (Lipinski definition) is 2. The molecule has 0 saturated heterocycles. The lowest BCUT2D eigenvalue weighted by molar-refractivity contribution is 0.569. The summed E-state index contributed by atoms with van der Waals surface area (Å²) in [5.41, 5.74) is 0. The molecule has 2 N–H and O–H groups in total. The maximum absolute atomic E-state index is 4.19. The van der Waals surface area contributed by atoms with Gasteiger partial charge in [0.25, 0.3) is 0 Å². The summed E-state index contributed by atoms with van der Waals surface area (Å²) in [5, 5.41) is 18.7. The van der Waals surface area contributed by atoms with Crippen LogP contribution in [0.15, 0.2) is 29.8 Å². The van der Waals surface area contributed by atoms with Gasteiger partial charge in [-0.2, -0.15) is 5.10 Å². The van der Waals surface area contributed by atoms with Gasteiger partial charge in [0.05, 0.1) is 6.54 Å². The molecule has 2 rings (SSSR count). The first-order valence-corrected chi connectivity index (χ1v) is 7.12. The van der Waals surface area contributed by atoms with Crippen LogP contribution in [0.5, 0.6) is 0 Å². The standard InChI is InChI=1S/C13H22N8/c1-3-20-11-17-19-12(20)10-16-13(14-2)15-6-4-8-21-9-5-7-18-21/h5,7,9,11H,3-4,6,8,10H2,1-2H3,(H2,14,15,16). The molecule has 0 saturated carbocycles. The molecule has 0 fully saturated rings. The van der Waals surface area contributed by atoms with E-state index < -0.39 is 0 Å². The number of aryl methyl sites for hydroxylation is 2. The van der Waals surface area contributed by atoms with E-state index in [1.807, 2.05) is 21.5 Å². The molecule has 21 heavy (non-hydrogen) atoms. The Bertz CT molecular complexity index is 542. The zero-order valence-electron chi connectivity index (χ0n) is 12.5. The monoisotopic (exact) mass is 290 g/mol. The summed E-state index contributed by atoms with van der Waals surface area (Å²) in [5.74, 6) is 1.66. The third-order valence-corrected chi connectivity index (χ3v) is 3.09. The second-order valence-corrected chi connectivity index (χ2v) is 4.51. The summed E-state index contributed by atoms with van der Waals surface area (Å²) in [6.45, 7) is 5.25. The second-order valence-electron chi connectivity index (χ2n) is 4.51. The molecule has 0 aliphatic heterocycles. The van der Waals surface area contributed by atoms with Gasteiger partial charge in [-0.15, -0.1) is 10.2 Å². The highest BCUT2D eigenvalue weighted by atomic mass is 15.3. The zero-order chi connectivity index (χ0) is 14.9. The predicted octanol–water partition coefficient (Wildman–Crippen LogP) is 0.250. The molecular weight excluding hydrogens is 268 g/mol. The first-order valence-electron chi connectivity index (χ1n) is 7.12. The van der Waals surface area contributed by atoms with Crippen molar-refractivity contribution in [3.8, 4) is 0 Å². The molecule has 0 spiro atoms. The van der Waals surface area contributed by atoms with Gasteiger partial charge in [-0.05, 0) is 19.4 Å². The van der Waals surface area contributed by atoms with Crippen LogP contribution in [0.4, 0.5) is 0 Å². The van der Waals surface area contributed by atoms with Crippen LogP contribution in [0, 0.1) is 0 Å². The van der Waals surface area contributed by atoms with E-state index in [1.165, 1.54) is 0 Å². The van der Waals surface area contributed by atoms with Gasteiger partial charge in [-0.25, -0.2) is 0 Å². The van der Waals surface area contributed by atoms with Crippen LogP contribution in [-0.4, -0.2) is 44.1 Å². The van der Waals surface area contributed by atoms with Gasteiger partial charge in [-0.3, -0.25) is 9.67 Å². The molecule has 0 amide bonds. The van der Waals surface area contributed by atoms with Gasteiger partial charge in [0, 0.05) is 39.1 Å². The fourth-order valence-corrected chi connectivity index (χ4v) is 1.94. The lowest BCUT2D eigenvalue weighted by atomic mass is 10.4. The first-order chi connectivity index (χ1) is 10.3. The molecule has 8 heteroatoms. The van der Waals surface area contributed by atoms with Crippen LogP contribution < -0.4 is 10.6 Å². The molecule has 2 aromatic heterocycles. The average molecular weight is 290 g/mol. The van der Waals surface area contributed by atoms with Crippen molar-refractivity contribution >= 4 is 5.96 Å². The third-order valence-electron chi connectivity index (χ3n) is 3.09. The highest BCUT2D eigenvalue weighted by molar-refractivity contribution is 5.79. The van der Waals surface area contributed by atoms with Gasteiger partial charge in [0.2, 0.25) is 0 Å². The van der Waals surface area contributed by atoms with Crippen LogP contribution >= 0.6 is 0 Å². The van der Waals surface area contributed by atoms with E-state index >= 15 is 0 Å². The number of nitrogens with zero attached hydrogens (tertiary/aromatic N) is 6. The number of aliphatic imine (C=N–C) groups is 1. The van der Waals surface area contributed by atoms with Crippen LogP contribution in [-0.2, 0) is 19.6 Å². The van der Waals surface area contributed by atoms with Gasteiger partial charge in [-0.1, -0.05) is 0 Å². The highest BCUT2D eigenvalue weighted by Crippen LogP contribution is 1.94. The van der Waals surface area contributed by atoms with Crippen molar-refractivity contribution in [1.29, 1.82) is 0 Å². The number of hydrogen-bond acceptors (Lipinski definition) is 4. The Labute approximate surface area is 124 Å². The quantitative estimate of drug-likeness (QED) is 0.434. The van der Waals surface area contributed by atoms with E-state index in [0.29, 0.717) is 6.54 Å². The Morgan fingerprint density at radius 1 is 1.38 bits per heavy atom. The van der Waals surface area contributed by atoms with Crippen LogP contribution in [0.3, 0.4) is 0 Å². The molecule has 0 aliphatic carbocycles. The molecule has 0 radical (unpaired) electrons. The van der Waals surface area contributed by atoms with Gasteiger partial charge >= 0.3 is 0 Å². The average Bonchev–Trinajstić information content (AvgIpc) is 3.17. The molecule has 2 aromatic rings. The largest absolute Gasteiger partial charge is 0.356 e. The summed E-state index contributed by atoms with van der Waals surface area (Å²) in [7, 11) is 1.76. The molecule has 0 atom stereocenters. The molecule has 0 unspecified atom stereocenters. The van der Waals surface area contributed by atoms with Crippen molar-refractivity contribution in [1.82, 2.24) is 35.2 Å². The number of guanidine groups is 1.